The van der Waals surface area contributed by atoms with E-state index in [9.17, 15) is 14.0 Å². The van der Waals surface area contributed by atoms with Crippen molar-refractivity contribution in [1.82, 2.24) is 4.90 Å². The largest absolute Gasteiger partial charge is 0.381 e. The van der Waals surface area contributed by atoms with Crippen LogP contribution in [-0.2, 0) is 14.3 Å². The second-order valence-electron chi connectivity index (χ2n) is 6.46. The van der Waals surface area contributed by atoms with Gasteiger partial charge in [-0.05, 0) is 65.2 Å². The van der Waals surface area contributed by atoms with Gasteiger partial charge < -0.3 is 15.0 Å². The van der Waals surface area contributed by atoms with E-state index in [1.165, 1.54) is 12.1 Å². The topological polar surface area (TPSA) is 58.6 Å². The zero-order valence-corrected chi connectivity index (χ0v) is 15.1. The highest BCUT2D eigenvalue weighted by molar-refractivity contribution is 9.10. The van der Waals surface area contributed by atoms with Crippen LogP contribution in [0.2, 0.25) is 0 Å². The average molecular weight is 399 g/mol. The van der Waals surface area contributed by atoms with Gasteiger partial charge in [-0.15, -0.1) is 0 Å². The van der Waals surface area contributed by atoms with Crippen molar-refractivity contribution in [3.63, 3.8) is 0 Å². The summed E-state index contributed by atoms with van der Waals surface area (Å²) in [6.07, 6.45) is 1.94. The highest BCUT2D eigenvalue weighted by Crippen LogP contribution is 2.30. The quantitative estimate of drug-likeness (QED) is 0.779. The average Bonchev–Trinajstić information content (AvgIpc) is 3.22. The number of amides is 2. The molecular weight excluding hydrogens is 379 g/mol. The Morgan fingerprint density at radius 2 is 2.12 bits per heavy atom. The van der Waals surface area contributed by atoms with E-state index in [1.807, 2.05) is 0 Å². The fourth-order valence-electron chi connectivity index (χ4n) is 3.38. The number of carbonyl (C=O) groups is 2. The fourth-order valence-corrected chi connectivity index (χ4v) is 3.72. The van der Waals surface area contributed by atoms with Crippen LogP contribution in [-0.4, -0.2) is 43.0 Å². The summed E-state index contributed by atoms with van der Waals surface area (Å²) in [5.74, 6) is -0.721. The number of aryl methyl sites for hydroxylation is 1. The van der Waals surface area contributed by atoms with Crippen molar-refractivity contribution in [1.29, 1.82) is 0 Å². The Balaban J connectivity index is 1.61. The Morgan fingerprint density at radius 1 is 1.33 bits per heavy atom. The third-order valence-corrected chi connectivity index (χ3v) is 5.46. The van der Waals surface area contributed by atoms with Crippen LogP contribution in [0.1, 0.15) is 18.4 Å². The maximum atomic E-state index is 13.4. The third-order valence-electron chi connectivity index (χ3n) is 4.85. The molecule has 2 saturated heterocycles. The van der Waals surface area contributed by atoms with Crippen LogP contribution in [0.15, 0.2) is 16.6 Å². The van der Waals surface area contributed by atoms with Crippen molar-refractivity contribution in [2.24, 2.45) is 11.8 Å². The molecule has 0 aromatic heterocycles. The zero-order chi connectivity index (χ0) is 17.3. The molecule has 24 heavy (non-hydrogen) atoms. The molecule has 2 amide bonds. The van der Waals surface area contributed by atoms with Crippen molar-refractivity contribution in [3.05, 3.63) is 28.0 Å². The number of anilines is 1. The number of nitrogens with zero attached hydrogens (tertiary/aromatic N) is 1. The summed E-state index contributed by atoms with van der Waals surface area (Å²) >= 11 is 3.09. The number of halogens is 2. The number of ether oxygens (including phenoxy) is 1. The molecule has 2 unspecified atom stereocenters. The smallest absolute Gasteiger partial charge is 0.313 e. The van der Waals surface area contributed by atoms with E-state index in [4.69, 9.17) is 4.74 Å². The Bertz CT molecular complexity index is 661. The van der Waals surface area contributed by atoms with Gasteiger partial charge in [-0.3, -0.25) is 9.59 Å². The van der Waals surface area contributed by atoms with E-state index in [2.05, 4.69) is 21.2 Å². The summed E-state index contributed by atoms with van der Waals surface area (Å²) in [4.78, 5) is 26.2. The van der Waals surface area contributed by atoms with Gasteiger partial charge in [-0.25, -0.2) is 4.39 Å². The second-order valence-corrected chi connectivity index (χ2v) is 7.31. The van der Waals surface area contributed by atoms with E-state index >= 15 is 0 Å². The van der Waals surface area contributed by atoms with Gasteiger partial charge in [-0.2, -0.15) is 0 Å². The molecule has 2 heterocycles. The molecular formula is C17H20BrFN2O3. The molecule has 2 atom stereocenters. The molecule has 130 valence electrons. The van der Waals surface area contributed by atoms with E-state index < -0.39 is 17.6 Å². The minimum absolute atomic E-state index is 0.248. The number of nitrogens with one attached hydrogen (secondary N) is 1. The van der Waals surface area contributed by atoms with Crippen molar-refractivity contribution >= 4 is 33.4 Å². The maximum absolute atomic E-state index is 13.4. The van der Waals surface area contributed by atoms with Gasteiger partial charge in [-0.1, -0.05) is 0 Å². The third kappa shape index (κ3) is 3.62. The van der Waals surface area contributed by atoms with Crippen LogP contribution < -0.4 is 5.32 Å². The number of likely N-dealkylation sites (tertiary alicyclic amines) is 1. The Labute approximate surface area is 148 Å². The second kappa shape index (κ2) is 7.19. The van der Waals surface area contributed by atoms with Gasteiger partial charge in [0.15, 0.2) is 0 Å². The predicted molar refractivity (Wildman–Crippen MR) is 91.1 cm³/mol. The van der Waals surface area contributed by atoms with Crippen LogP contribution in [0.3, 0.4) is 0 Å². The monoisotopic (exact) mass is 398 g/mol. The highest BCUT2D eigenvalue weighted by Gasteiger charge is 2.35. The maximum Gasteiger partial charge on any atom is 0.313 e. The molecule has 0 radical (unpaired) electrons. The van der Waals surface area contributed by atoms with Crippen molar-refractivity contribution in [3.8, 4) is 0 Å². The highest BCUT2D eigenvalue weighted by atomic mass is 79.9. The molecule has 0 spiro atoms. The number of carbonyl (C=O) groups excluding carboxylic acids is 2. The van der Waals surface area contributed by atoms with Crippen LogP contribution in [0.25, 0.3) is 0 Å². The Morgan fingerprint density at radius 3 is 2.83 bits per heavy atom. The minimum atomic E-state index is -0.681. The summed E-state index contributed by atoms with van der Waals surface area (Å²) < 4.78 is 19.1. The first kappa shape index (κ1) is 17.4. The molecule has 2 aliphatic heterocycles. The standard InChI is InChI=1S/C17H20BrFN2O3/c1-10-6-14(19)13(18)7-15(10)20-16(22)17(23)21-4-2-11(8-21)12-3-5-24-9-12/h6-7,11-12H,2-5,8-9H2,1H3,(H,20,22). The summed E-state index contributed by atoms with van der Waals surface area (Å²) in [6, 6.07) is 2.79. The molecule has 2 aliphatic rings. The van der Waals surface area contributed by atoms with E-state index in [0.29, 0.717) is 36.2 Å². The van der Waals surface area contributed by atoms with Gasteiger partial charge in [0.1, 0.15) is 5.82 Å². The first-order chi connectivity index (χ1) is 11.5. The molecule has 2 fully saturated rings. The molecule has 1 aromatic carbocycles. The summed E-state index contributed by atoms with van der Waals surface area (Å²) in [5, 5.41) is 2.59. The first-order valence-electron chi connectivity index (χ1n) is 8.09. The van der Waals surface area contributed by atoms with Crippen molar-refractivity contribution in [2.75, 3.05) is 31.6 Å². The lowest BCUT2D eigenvalue weighted by Crippen LogP contribution is -2.38. The van der Waals surface area contributed by atoms with Crippen LogP contribution >= 0.6 is 15.9 Å². The number of benzene rings is 1. The normalized spacial score (nSPS) is 23.5. The van der Waals surface area contributed by atoms with Crippen LogP contribution in [0, 0.1) is 24.6 Å². The molecule has 5 nitrogen and oxygen atoms in total. The number of hydrogen-bond acceptors (Lipinski definition) is 3. The van der Waals surface area contributed by atoms with E-state index in [-0.39, 0.29) is 4.47 Å². The zero-order valence-electron chi connectivity index (χ0n) is 13.5. The van der Waals surface area contributed by atoms with Gasteiger partial charge in [0.25, 0.3) is 0 Å². The first-order valence-corrected chi connectivity index (χ1v) is 8.88. The molecule has 0 bridgehead atoms. The predicted octanol–water partition coefficient (Wildman–Crippen LogP) is 2.72. The SMILES string of the molecule is Cc1cc(F)c(Br)cc1NC(=O)C(=O)N1CCC(C2CCOC2)C1. The van der Waals surface area contributed by atoms with Crippen LogP contribution in [0.4, 0.5) is 10.1 Å². The van der Waals surface area contributed by atoms with Crippen LogP contribution in [0.5, 0.6) is 0 Å². The fraction of sp³-hybridized carbons (Fsp3) is 0.529. The van der Waals surface area contributed by atoms with E-state index in [0.717, 1.165) is 26.1 Å². The molecule has 1 aromatic rings. The molecule has 0 saturated carbocycles. The summed E-state index contributed by atoms with van der Waals surface area (Å²) in [6.45, 7) is 4.42. The lowest BCUT2D eigenvalue weighted by Gasteiger charge is -2.19. The summed E-state index contributed by atoms with van der Waals surface area (Å²) in [7, 11) is 0. The van der Waals surface area contributed by atoms with E-state index in [1.54, 1.807) is 11.8 Å². The lowest BCUT2D eigenvalue weighted by molar-refractivity contribution is -0.142. The number of hydrogen-bond donors (Lipinski definition) is 1. The Hall–Kier alpha value is -1.47. The summed E-state index contributed by atoms with van der Waals surface area (Å²) in [5.41, 5.74) is 1.00. The van der Waals surface area contributed by atoms with Gasteiger partial charge in [0, 0.05) is 32.0 Å². The van der Waals surface area contributed by atoms with Gasteiger partial charge in [0.2, 0.25) is 0 Å². The minimum Gasteiger partial charge on any atom is -0.381 e. The van der Waals surface area contributed by atoms with Crippen molar-refractivity contribution < 1.29 is 18.7 Å². The molecule has 0 aliphatic carbocycles. The van der Waals surface area contributed by atoms with Gasteiger partial charge >= 0.3 is 11.8 Å². The Kier molecular flexibility index (Phi) is 5.20. The molecule has 7 heteroatoms. The van der Waals surface area contributed by atoms with Gasteiger partial charge in [0.05, 0.1) is 4.47 Å². The van der Waals surface area contributed by atoms with Crippen molar-refractivity contribution in [2.45, 2.75) is 19.8 Å². The lowest BCUT2D eigenvalue weighted by atomic mass is 9.91. The molecule has 1 N–H and O–H groups in total. The molecule has 3 rings (SSSR count). The number of rotatable bonds is 2.